The molecule has 2 aliphatic rings. The van der Waals surface area contributed by atoms with Gasteiger partial charge < -0.3 is 5.32 Å². The lowest BCUT2D eigenvalue weighted by atomic mass is 9.96. The number of fused-ring (bicyclic) bond motifs is 1. The van der Waals surface area contributed by atoms with Gasteiger partial charge in [-0.3, -0.25) is 5.32 Å². The number of amides is 2. The van der Waals surface area contributed by atoms with E-state index >= 15 is 0 Å². The molecule has 0 unspecified atom stereocenters. The molecule has 2 N–H and O–H groups in total. The van der Waals surface area contributed by atoms with Gasteiger partial charge in [-0.1, -0.05) is 32.1 Å². The second kappa shape index (κ2) is 7.83. The minimum atomic E-state index is -0.150. The van der Waals surface area contributed by atoms with Gasteiger partial charge in [0.2, 0.25) is 0 Å². The van der Waals surface area contributed by atoms with Crippen LogP contribution >= 0.6 is 11.3 Å². The lowest BCUT2D eigenvalue weighted by Crippen LogP contribution is -2.38. The lowest BCUT2D eigenvalue weighted by Gasteiger charge is -2.22. The summed E-state index contributed by atoms with van der Waals surface area (Å²) in [7, 11) is 0. The molecule has 4 nitrogen and oxygen atoms in total. The van der Waals surface area contributed by atoms with Gasteiger partial charge in [-0.25, -0.2) is 4.79 Å². The molecule has 5 heteroatoms. The number of rotatable bonds is 2. The van der Waals surface area contributed by atoms with Gasteiger partial charge in [0.25, 0.3) is 0 Å². The van der Waals surface area contributed by atoms with E-state index in [1.165, 1.54) is 49.0 Å². The molecule has 0 bridgehead atoms. The molecular formula is C18H25N3OS. The molecule has 0 saturated heterocycles. The zero-order valence-corrected chi connectivity index (χ0v) is 14.4. The van der Waals surface area contributed by atoms with Gasteiger partial charge in [-0.05, 0) is 44.1 Å². The number of thiophene rings is 1. The Labute approximate surface area is 142 Å². The predicted octanol–water partition coefficient (Wildman–Crippen LogP) is 4.73. The summed E-state index contributed by atoms with van der Waals surface area (Å²) in [5, 5.41) is 16.3. The van der Waals surface area contributed by atoms with Gasteiger partial charge in [-0.2, -0.15) is 5.26 Å². The first-order chi connectivity index (χ1) is 11.3. The second-order valence-electron chi connectivity index (χ2n) is 6.67. The van der Waals surface area contributed by atoms with E-state index in [1.807, 2.05) is 0 Å². The van der Waals surface area contributed by atoms with E-state index in [9.17, 15) is 10.1 Å². The highest BCUT2D eigenvalue weighted by Crippen LogP contribution is 2.36. The third-order valence-corrected chi connectivity index (χ3v) is 6.16. The van der Waals surface area contributed by atoms with Crippen LogP contribution in [0.1, 0.15) is 73.8 Å². The molecule has 0 aromatic carbocycles. The average Bonchev–Trinajstić information content (AvgIpc) is 2.84. The van der Waals surface area contributed by atoms with Crippen LogP contribution in [0.15, 0.2) is 0 Å². The molecule has 2 aliphatic carbocycles. The molecular weight excluding hydrogens is 306 g/mol. The van der Waals surface area contributed by atoms with Crippen LogP contribution in [-0.4, -0.2) is 12.1 Å². The fraction of sp³-hybridized carbons (Fsp3) is 0.667. The molecule has 1 aromatic heterocycles. The SMILES string of the molecule is N#Cc1c(NC(=O)NC2CCCCC2)sc2c1CCCCCC2. The molecule has 23 heavy (non-hydrogen) atoms. The normalized spacial score (nSPS) is 19.1. The van der Waals surface area contributed by atoms with Crippen molar-refractivity contribution in [3.63, 3.8) is 0 Å². The summed E-state index contributed by atoms with van der Waals surface area (Å²) in [4.78, 5) is 13.6. The molecule has 1 fully saturated rings. The number of carbonyl (C=O) groups excluding carboxylic acids is 1. The highest BCUT2D eigenvalue weighted by molar-refractivity contribution is 7.16. The number of nitrogens with one attached hydrogen (secondary N) is 2. The van der Waals surface area contributed by atoms with E-state index in [2.05, 4.69) is 16.7 Å². The third kappa shape index (κ3) is 4.06. The van der Waals surface area contributed by atoms with Gasteiger partial charge in [-0.15, -0.1) is 11.3 Å². The average molecular weight is 331 g/mol. The largest absolute Gasteiger partial charge is 0.335 e. The minimum absolute atomic E-state index is 0.150. The number of aryl methyl sites for hydroxylation is 1. The van der Waals surface area contributed by atoms with Crippen LogP contribution in [0.25, 0.3) is 0 Å². The van der Waals surface area contributed by atoms with Crippen molar-refractivity contribution in [2.24, 2.45) is 0 Å². The van der Waals surface area contributed by atoms with Crippen LogP contribution < -0.4 is 10.6 Å². The molecule has 1 saturated carbocycles. The quantitative estimate of drug-likeness (QED) is 0.822. The van der Waals surface area contributed by atoms with Crippen molar-refractivity contribution in [2.75, 3.05) is 5.32 Å². The highest BCUT2D eigenvalue weighted by Gasteiger charge is 2.21. The van der Waals surface area contributed by atoms with Crippen LogP contribution in [0.3, 0.4) is 0 Å². The summed E-state index contributed by atoms with van der Waals surface area (Å²) in [5.41, 5.74) is 1.89. The Hall–Kier alpha value is -1.54. The third-order valence-electron chi connectivity index (χ3n) is 4.95. The van der Waals surface area contributed by atoms with Crippen molar-refractivity contribution < 1.29 is 4.79 Å². The molecule has 1 aromatic rings. The number of hydrogen-bond acceptors (Lipinski definition) is 3. The van der Waals surface area contributed by atoms with Crippen molar-refractivity contribution in [1.82, 2.24) is 5.32 Å². The van der Waals surface area contributed by atoms with Gasteiger partial charge in [0, 0.05) is 10.9 Å². The van der Waals surface area contributed by atoms with E-state index in [-0.39, 0.29) is 12.1 Å². The lowest BCUT2D eigenvalue weighted by molar-refractivity contribution is 0.244. The van der Waals surface area contributed by atoms with Gasteiger partial charge in [0.15, 0.2) is 0 Å². The van der Waals surface area contributed by atoms with Crippen molar-refractivity contribution in [1.29, 1.82) is 5.26 Å². The number of urea groups is 1. The van der Waals surface area contributed by atoms with E-state index in [0.717, 1.165) is 37.1 Å². The van der Waals surface area contributed by atoms with E-state index < -0.39 is 0 Å². The van der Waals surface area contributed by atoms with Gasteiger partial charge in [0.05, 0.1) is 5.56 Å². The van der Waals surface area contributed by atoms with Crippen molar-refractivity contribution in [3.05, 3.63) is 16.0 Å². The fourth-order valence-electron chi connectivity index (χ4n) is 3.70. The van der Waals surface area contributed by atoms with Crippen LogP contribution in [0.2, 0.25) is 0 Å². The number of carbonyl (C=O) groups is 1. The summed E-state index contributed by atoms with van der Waals surface area (Å²) in [6.45, 7) is 0. The maximum absolute atomic E-state index is 12.3. The smallest absolute Gasteiger partial charge is 0.320 e. The monoisotopic (exact) mass is 331 g/mol. The van der Waals surface area contributed by atoms with Crippen LogP contribution in [0.5, 0.6) is 0 Å². The molecule has 124 valence electrons. The first kappa shape index (κ1) is 16.3. The summed E-state index contributed by atoms with van der Waals surface area (Å²) < 4.78 is 0. The molecule has 0 aliphatic heterocycles. The van der Waals surface area contributed by atoms with Crippen molar-refractivity contribution in [2.45, 2.75) is 76.7 Å². The zero-order chi connectivity index (χ0) is 16.1. The van der Waals surface area contributed by atoms with Crippen molar-refractivity contribution >= 4 is 22.4 Å². The van der Waals surface area contributed by atoms with Crippen LogP contribution in [0.4, 0.5) is 9.80 Å². The molecule has 0 radical (unpaired) electrons. The maximum Gasteiger partial charge on any atom is 0.320 e. The number of hydrogen-bond donors (Lipinski definition) is 2. The Morgan fingerprint density at radius 1 is 1.04 bits per heavy atom. The van der Waals surface area contributed by atoms with Crippen LogP contribution in [0, 0.1) is 11.3 Å². The Morgan fingerprint density at radius 2 is 1.74 bits per heavy atom. The molecule has 2 amide bonds. The topological polar surface area (TPSA) is 64.9 Å². The maximum atomic E-state index is 12.3. The van der Waals surface area contributed by atoms with E-state index in [0.29, 0.717) is 5.56 Å². The highest BCUT2D eigenvalue weighted by atomic mass is 32.1. The first-order valence-corrected chi connectivity index (χ1v) is 9.71. The van der Waals surface area contributed by atoms with E-state index in [1.54, 1.807) is 11.3 Å². The Balaban J connectivity index is 1.70. The second-order valence-corrected chi connectivity index (χ2v) is 7.77. The van der Waals surface area contributed by atoms with Gasteiger partial charge >= 0.3 is 6.03 Å². The molecule has 0 atom stereocenters. The standard InChI is InChI=1S/C18H25N3OS/c19-12-15-14-10-6-1-2-7-11-16(14)23-17(15)21-18(22)20-13-8-4-3-5-9-13/h13H,1-11H2,(H2,20,21,22). The minimum Gasteiger partial charge on any atom is -0.335 e. The molecule has 3 rings (SSSR count). The van der Waals surface area contributed by atoms with Crippen LogP contribution in [-0.2, 0) is 12.8 Å². The molecule has 0 spiro atoms. The van der Waals surface area contributed by atoms with Gasteiger partial charge in [0.1, 0.15) is 11.1 Å². The Bertz CT molecular complexity index is 596. The Morgan fingerprint density at radius 3 is 2.48 bits per heavy atom. The summed E-state index contributed by atoms with van der Waals surface area (Å²) in [5.74, 6) is 0. The zero-order valence-electron chi connectivity index (χ0n) is 13.6. The Kier molecular flexibility index (Phi) is 5.56. The summed E-state index contributed by atoms with van der Waals surface area (Å²) in [6, 6.07) is 2.47. The fourth-order valence-corrected chi connectivity index (χ4v) is 4.93. The van der Waals surface area contributed by atoms with Crippen molar-refractivity contribution in [3.8, 4) is 6.07 Å². The van der Waals surface area contributed by atoms with E-state index in [4.69, 9.17) is 0 Å². The summed E-state index contributed by atoms with van der Waals surface area (Å²) >= 11 is 1.61. The number of nitriles is 1. The number of nitrogens with zero attached hydrogens (tertiary/aromatic N) is 1. The number of anilines is 1. The summed E-state index contributed by atoms with van der Waals surface area (Å²) in [6.07, 6.45) is 12.7. The molecule has 1 heterocycles. The first-order valence-electron chi connectivity index (χ1n) is 8.90. The predicted molar refractivity (Wildman–Crippen MR) is 93.9 cm³/mol.